The summed E-state index contributed by atoms with van der Waals surface area (Å²) in [6.07, 6.45) is 1.27. The minimum absolute atomic E-state index is 0.0742. The lowest BCUT2D eigenvalue weighted by Crippen LogP contribution is -2.52. The van der Waals surface area contributed by atoms with E-state index in [1.807, 2.05) is 24.8 Å². The number of ether oxygens (including phenoxy) is 2. The van der Waals surface area contributed by atoms with E-state index in [0.717, 1.165) is 51.8 Å². The van der Waals surface area contributed by atoms with Crippen LogP contribution in [0, 0.1) is 11.8 Å². The molecule has 0 bridgehead atoms. The van der Waals surface area contributed by atoms with E-state index in [-0.39, 0.29) is 23.9 Å². The van der Waals surface area contributed by atoms with Crippen molar-refractivity contribution < 1.29 is 19.1 Å². The van der Waals surface area contributed by atoms with Crippen LogP contribution in [0.5, 0.6) is 5.75 Å². The average Bonchev–Trinajstić information content (AvgIpc) is 3.37. The Morgan fingerprint density at radius 2 is 2.00 bits per heavy atom. The van der Waals surface area contributed by atoms with Crippen LogP contribution < -0.4 is 15.5 Å². The molecule has 2 amide bonds. The highest BCUT2D eigenvalue weighted by Crippen LogP contribution is 2.53. The average molecular weight is 522 g/mol. The van der Waals surface area contributed by atoms with Gasteiger partial charge in [0.05, 0.1) is 24.2 Å². The molecule has 0 spiro atoms. The highest BCUT2D eigenvalue weighted by Gasteiger charge is 2.56. The van der Waals surface area contributed by atoms with Gasteiger partial charge in [0, 0.05) is 17.0 Å². The maximum atomic E-state index is 13.8. The summed E-state index contributed by atoms with van der Waals surface area (Å²) in [6.45, 7) is 4.42. The fourth-order valence-corrected chi connectivity index (χ4v) is 6.48. The van der Waals surface area contributed by atoms with E-state index < -0.39 is 12.1 Å². The number of aromatic nitrogens is 2. The van der Waals surface area contributed by atoms with Gasteiger partial charge in [0.15, 0.2) is 0 Å². The third kappa shape index (κ3) is 3.86. The summed E-state index contributed by atoms with van der Waals surface area (Å²) >= 11 is 0. The van der Waals surface area contributed by atoms with Crippen molar-refractivity contribution in [3.8, 4) is 16.9 Å². The van der Waals surface area contributed by atoms with Gasteiger partial charge >= 0.3 is 6.09 Å². The number of hydrogen-bond donors (Lipinski definition) is 2. The van der Waals surface area contributed by atoms with Crippen molar-refractivity contribution in [1.29, 1.82) is 0 Å². The number of nitrogens with one attached hydrogen (secondary N) is 2. The van der Waals surface area contributed by atoms with Crippen molar-refractivity contribution in [2.45, 2.75) is 51.4 Å². The summed E-state index contributed by atoms with van der Waals surface area (Å²) in [5, 5.41) is 4.91. The molecule has 198 valence electrons. The fraction of sp³-hybridized carbons (Fsp3) is 0.367. The molecule has 2 N–H and O–H groups in total. The van der Waals surface area contributed by atoms with Gasteiger partial charge in [-0.1, -0.05) is 43.6 Å². The van der Waals surface area contributed by atoms with Crippen LogP contribution in [0.4, 0.5) is 4.79 Å². The second-order valence-corrected chi connectivity index (χ2v) is 11.5. The first-order valence-corrected chi connectivity index (χ1v) is 13.7. The summed E-state index contributed by atoms with van der Waals surface area (Å²) in [5.41, 5.74) is 6.57. The van der Waals surface area contributed by atoms with Crippen molar-refractivity contribution in [3.05, 3.63) is 53.9 Å². The van der Waals surface area contributed by atoms with E-state index >= 15 is 0 Å². The van der Waals surface area contributed by atoms with E-state index in [4.69, 9.17) is 14.5 Å². The number of carbonyl (C=O) groups excluding carboxylic acids is 2. The summed E-state index contributed by atoms with van der Waals surface area (Å²) in [5.74, 6) is 1.98. The zero-order valence-corrected chi connectivity index (χ0v) is 22.6. The number of carbonyl (C=O) groups is 2. The molecule has 1 saturated carbocycles. The number of methoxy groups -OCH3 is 1. The molecule has 3 heterocycles. The molecule has 39 heavy (non-hydrogen) atoms. The first kappa shape index (κ1) is 24.1. The van der Waals surface area contributed by atoms with Crippen LogP contribution >= 0.6 is 0 Å². The van der Waals surface area contributed by atoms with Crippen LogP contribution in [0.25, 0.3) is 32.9 Å². The Labute approximate surface area is 227 Å². The summed E-state index contributed by atoms with van der Waals surface area (Å²) in [4.78, 5) is 36.3. The second kappa shape index (κ2) is 8.76. The predicted octanol–water partition coefficient (Wildman–Crippen LogP) is 3.58. The Morgan fingerprint density at radius 3 is 2.79 bits per heavy atom. The number of hydrogen-bond acceptors (Lipinski definition) is 5. The van der Waals surface area contributed by atoms with Crippen molar-refractivity contribution in [3.63, 3.8) is 0 Å². The highest BCUT2D eigenvalue weighted by atomic mass is 16.5. The maximum Gasteiger partial charge on any atom is 0.407 e. The van der Waals surface area contributed by atoms with Gasteiger partial charge in [-0.15, -0.1) is 0 Å². The number of likely N-dealkylation sites (tertiary alicyclic amines) is 1. The van der Waals surface area contributed by atoms with Gasteiger partial charge in [-0.05, 0) is 59.4 Å². The number of alkyl carbamates (subject to hydrolysis) is 1. The smallest absolute Gasteiger partial charge is 0.407 e. The Kier molecular flexibility index (Phi) is 5.41. The molecular formula is C30H31BN4O4. The molecule has 7 rings (SSSR count). The highest BCUT2D eigenvalue weighted by molar-refractivity contribution is 6.32. The number of fused-ring (bicyclic) bond motifs is 7. The maximum absolute atomic E-state index is 13.8. The molecule has 3 aromatic carbocycles. The van der Waals surface area contributed by atoms with E-state index in [2.05, 4.69) is 54.5 Å². The van der Waals surface area contributed by atoms with Crippen LogP contribution in [-0.4, -0.2) is 53.9 Å². The summed E-state index contributed by atoms with van der Waals surface area (Å²) in [7, 11) is 3.41. The zero-order chi connectivity index (χ0) is 27.0. The van der Waals surface area contributed by atoms with Crippen LogP contribution in [0.15, 0.2) is 42.5 Å². The predicted molar refractivity (Wildman–Crippen MR) is 152 cm³/mol. The van der Waals surface area contributed by atoms with Crippen LogP contribution in [0.2, 0.25) is 0 Å². The van der Waals surface area contributed by atoms with Crippen molar-refractivity contribution >= 4 is 47.1 Å². The van der Waals surface area contributed by atoms with Gasteiger partial charge in [-0.3, -0.25) is 4.79 Å². The molecule has 4 atom stereocenters. The molecule has 9 heteroatoms. The molecule has 8 nitrogen and oxygen atoms in total. The lowest BCUT2D eigenvalue weighted by molar-refractivity contribution is -0.136. The molecule has 3 aliphatic rings. The van der Waals surface area contributed by atoms with Crippen LogP contribution in [0.3, 0.4) is 0 Å². The molecule has 2 fully saturated rings. The first-order valence-electron chi connectivity index (χ1n) is 13.7. The molecule has 0 radical (unpaired) electrons. The van der Waals surface area contributed by atoms with E-state index in [0.29, 0.717) is 12.5 Å². The molecule has 1 aliphatic carbocycles. The summed E-state index contributed by atoms with van der Waals surface area (Å²) in [6, 6.07) is 14.4. The van der Waals surface area contributed by atoms with Gasteiger partial charge in [0.25, 0.3) is 0 Å². The molecule has 2 unspecified atom stereocenters. The molecule has 1 aromatic heterocycles. The number of aromatic amines is 1. The van der Waals surface area contributed by atoms with Gasteiger partial charge in [0.1, 0.15) is 32.1 Å². The standard InChI is InChI=1S/C30H31BN4O4/c1-14(2)26(34-30(37)38-3)29(36)35-23-10-16(23)11-24(35)28-32-22-7-4-15-9-21-19-6-5-18(31)8-17(19)13-39-25(21)12-20(15)27(22)33-28/h4-9,12,14,16,23-24,26H,10-11,13,31H2,1-3H3,(H,32,33)(H,34,37)/t16-,23?,24+,26?/m1/s1. The number of imidazole rings is 1. The topological polar surface area (TPSA) is 96.6 Å². The quantitative estimate of drug-likeness (QED) is 0.400. The number of nitrogens with zero attached hydrogens (tertiary/aromatic N) is 2. The minimum Gasteiger partial charge on any atom is -0.488 e. The Balaban J connectivity index is 1.26. The first-order chi connectivity index (χ1) is 18.8. The normalized spacial score (nSPS) is 21.7. The molecule has 4 aromatic rings. The van der Waals surface area contributed by atoms with Gasteiger partial charge < -0.3 is 24.7 Å². The number of piperidine rings is 1. The second-order valence-electron chi connectivity index (χ2n) is 11.5. The monoisotopic (exact) mass is 522 g/mol. The van der Waals surface area contributed by atoms with Crippen molar-refractivity contribution in [2.75, 3.05) is 7.11 Å². The van der Waals surface area contributed by atoms with Gasteiger partial charge in [0.2, 0.25) is 5.91 Å². The third-order valence-electron chi connectivity index (χ3n) is 8.59. The van der Waals surface area contributed by atoms with Gasteiger partial charge in [-0.2, -0.15) is 0 Å². The van der Waals surface area contributed by atoms with E-state index in [1.54, 1.807) is 0 Å². The van der Waals surface area contributed by atoms with E-state index in [1.165, 1.54) is 23.7 Å². The lowest BCUT2D eigenvalue weighted by Gasteiger charge is -2.31. The Hall–Kier alpha value is -4.01. The molecule has 2 aliphatic heterocycles. The number of H-pyrrole nitrogens is 1. The number of rotatable bonds is 4. The molecular weight excluding hydrogens is 491 g/mol. The molecule has 1 saturated heterocycles. The third-order valence-corrected chi connectivity index (χ3v) is 8.59. The van der Waals surface area contributed by atoms with Gasteiger partial charge in [-0.25, -0.2) is 9.78 Å². The number of amides is 2. The number of benzene rings is 3. The van der Waals surface area contributed by atoms with Crippen LogP contribution in [-0.2, 0) is 16.1 Å². The summed E-state index contributed by atoms with van der Waals surface area (Å²) < 4.78 is 11.0. The van der Waals surface area contributed by atoms with E-state index in [9.17, 15) is 9.59 Å². The Bertz CT molecular complexity index is 1660. The van der Waals surface area contributed by atoms with Crippen LogP contribution in [0.1, 0.15) is 44.1 Å². The largest absolute Gasteiger partial charge is 0.488 e. The Morgan fingerprint density at radius 1 is 1.15 bits per heavy atom. The fourth-order valence-electron chi connectivity index (χ4n) is 6.48. The lowest BCUT2D eigenvalue weighted by atomic mass is 9.88. The zero-order valence-electron chi connectivity index (χ0n) is 22.6. The minimum atomic E-state index is -0.653. The van der Waals surface area contributed by atoms with Crippen molar-refractivity contribution in [1.82, 2.24) is 20.2 Å². The SMILES string of the molecule is Bc1ccc2c(c1)COc1cc3c(ccc4nc([C@@H]5C[C@H]6CC6N5C(=O)C(NC(=O)OC)C(C)C)[nH]c43)cc1-2. The van der Waals surface area contributed by atoms with Crippen molar-refractivity contribution in [2.24, 2.45) is 11.8 Å².